The SMILES string of the molecule is CC1CN2C(=N1)[C@H](N(C)C(=O)N1CCC(n3c(=O)[nH]c4ncccc43)CC1)N=C(c1ccccc1)c1ccccc12. The number of H-pyrrole nitrogens is 1. The molecule has 10 nitrogen and oxygen atoms in total. The fourth-order valence-electron chi connectivity index (χ4n) is 6.33. The number of piperidine rings is 1. The van der Waals surface area contributed by atoms with Gasteiger partial charge in [0.2, 0.25) is 0 Å². The predicted molar refractivity (Wildman–Crippen MR) is 160 cm³/mol. The number of rotatable bonds is 3. The van der Waals surface area contributed by atoms with Crippen LogP contribution in [0.1, 0.15) is 36.9 Å². The summed E-state index contributed by atoms with van der Waals surface area (Å²) < 4.78 is 1.79. The molecule has 0 bridgehead atoms. The van der Waals surface area contributed by atoms with Gasteiger partial charge in [-0.25, -0.2) is 14.6 Å². The molecular weight excluding hydrogens is 516 g/mol. The molecule has 208 valence electrons. The van der Waals surface area contributed by atoms with E-state index in [1.54, 1.807) is 15.7 Å². The Kier molecular flexibility index (Phi) is 6.18. The van der Waals surface area contributed by atoms with Gasteiger partial charge in [-0.15, -0.1) is 0 Å². The van der Waals surface area contributed by atoms with Crippen LogP contribution in [-0.2, 0) is 0 Å². The number of imidazole rings is 1. The summed E-state index contributed by atoms with van der Waals surface area (Å²) >= 11 is 0. The number of urea groups is 1. The number of amidine groups is 1. The van der Waals surface area contributed by atoms with Gasteiger partial charge in [0.15, 0.2) is 17.6 Å². The molecule has 1 unspecified atom stereocenters. The average molecular weight is 549 g/mol. The van der Waals surface area contributed by atoms with Gasteiger partial charge in [0.1, 0.15) is 0 Å². The number of nitrogens with zero attached hydrogens (tertiary/aromatic N) is 7. The lowest BCUT2D eigenvalue weighted by Gasteiger charge is -2.37. The van der Waals surface area contributed by atoms with Gasteiger partial charge in [0.25, 0.3) is 0 Å². The van der Waals surface area contributed by atoms with Crippen molar-refractivity contribution in [1.82, 2.24) is 24.3 Å². The summed E-state index contributed by atoms with van der Waals surface area (Å²) in [5, 5.41) is 0. The Balaban J connectivity index is 1.18. The van der Waals surface area contributed by atoms with Gasteiger partial charge in [0, 0.05) is 50.0 Å². The smallest absolute Gasteiger partial charge is 0.324 e. The molecule has 1 N–H and O–H groups in total. The van der Waals surface area contributed by atoms with Crippen LogP contribution >= 0.6 is 0 Å². The lowest BCUT2D eigenvalue weighted by Crippen LogP contribution is -2.53. The van der Waals surface area contributed by atoms with Crippen molar-refractivity contribution in [3.63, 3.8) is 0 Å². The highest BCUT2D eigenvalue weighted by atomic mass is 16.2. The summed E-state index contributed by atoms with van der Waals surface area (Å²) in [4.78, 5) is 49.9. The molecule has 4 aromatic rings. The third-order valence-electron chi connectivity index (χ3n) is 8.31. The number of benzene rings is 2. The number of hydrogen-bond acceptors (Lipinski definition) is 6. The van der Waals surface area contributed by atoms with Crippen molar-refractivity contribution in [2.75, 3.05) is 31.6 Å². The predicted octanol–water partition coefficient (Wildman–Crippen LogP) is 3.90. The number of hydrogen-bond donors (Lipinski definition) is 1. The number of amides is 2. The summed E-state index contributed by atoms with van der Waals surface area (Å²) in [7, 11) is 1.82. The summed E-state index contributed by atoms with van der Waals surface area (Å²) in [5.74, 6) is 0.791. The van der Waals surface area contributed by atoms with E-state index in [1.165, 1.54) is 0 Å². The second kappa shape index (κ2) is 10.0. The van der Waals surface area contributed by atoms with E-state index >= 15 is 0 Å². The Bertz CT molecular complexity index is 1730. The van der Waals surface area contributed by atoms with E-state index in [-0.39, 0.29) is 23.8 Å². The normalized spacial score (nSPS) is 20.7. The Morgan fingerprint density at radius 2 is 1.73 bits per heavy atom. The zero-order valence-electron chi connectivity index (χ0n) is 23.1. The average Bonchev–Trinajstić information content (AvgIpc) is 3.52. The number of likely N-dealkylation sites (tertiary alicyclic amines) is 1. The molecule has 1 saturated heterocycles. The highest BCUT2D eigenvalue weighted by Crippen LogP contribution is 2.33. The number of aromatic nitrogens is 3. The quantitative estimate of drug-likeness (QED) is 0.420. The van der Waals surface area contributed by atoms with Crippen molar-refractivity contribution in [1.29, 1.82) is 0 Å². The lowest BCUT2D eigenvalue weighted by molar-refractivity contribution is 0.137. The summed E-state index contributed by atoms with van der Waals surface area (Å²) in [6.45, 7) is 3.92. The highest BCUT2D eigenvalue weighted by Gasteiger charge is 2.39. The first-order valence-corrected chi connectivity index (χ1v) is 14.1. The Labute approximate surface area is 237 Å². The number of anilines is 1. The zero-order valence-corrected chi connectivity index (χ0v) is 23.1. The van der Waals surface area contributed by atoms with Crippen molar-refractivity contribution >= 4 is 34.4 Å². The molecule has 2 aromatic heterocycles. The van der Waals surface area contributed by atoms with E-state index in [1.807, 2.05) is 54.4 Å². The van der Waals surface area contributed by atoms with Crippen LogP contribution in [-0.4, -0.2) is 80.8 Å². The molecule has 41 heavy (non-hydrogen) atoms. The van der Waals surface area contributed by atoms with Gasteiger partial charge in [0.05, 0.1) is 23.0 Å². The van der Waals surface area contributed by atoms with Crippen molar-refractivity contribution in [3.8, 4) is 0 Å². The van der Waals surface area contributed by atoms with Gasteiger partial charge in [-0.2, -0.15) is 0 Å². The number of carbonyl (C=O) groups is 1. The molecule has 0 saturated carbocycles. The fourth-order valence-corrected chi connectivity index (χ4v) is 6.33. The maximum absolute atomic E-state index is 14.0. The minimum absolute atomic E-state index is 0.000406. The molecule has 0 spiro atoms. The van der Waals surface area contributed by atoms with Gasteiger partial charge >= 0.3 is 11.7 Å². The van der Waals surface area contributed by atoms with E-state index in [9.17, 15) is 9.59 Å². The standard InChI is InChI=1S/C31H32N8O2/c1-20-19-38-24-12-7-6-11-23(24)26(21-9-4-3-5-10-21)34-28(29(38)33-20)36(2)31(41)37-17-14-22(15-18-37)39-25-13-8-16-32-27(25)35-30(39)40/h3-13,16,20,22,28H,14-15,17-19H2,1-2H3,(H,32,35,40)/t20?,28-/m0/s1. The third-order valence-corrected chi connectivity index (χ3v) is 8.31. The molecular formula is C31H32N8O2. The number of pyridine rings is 1. The summed E-state index contributed by atoms with van der Waals surface area (Å²) in [5.41, 5.74) is 5.17. The van der Waals surface area contributed by atoms with E-state index in [0.29, 0.717) is 31.6 Å². The highest BCUT2D eigenvalue weighted by molar-refractivity contribution is 6.21. The van der Waals surface area contributed by atoms with E-state index in [4.69, 9.17) is 9.98 Å². The molecule has 3 aliphatic heterocycles. The monoisotopic (exact) mass is 548 g/mol. The van der Waals surface area contributed by atoms with E-state index in [2.05, 4.69) is 46.1 Å². The molecule has 2 atom stereocenters. The topological polar surface area (TPSA) is 102 Å². The van der Waals surface area contributed by atoms with Crippen molar-refractivity contribution in [2.45, 2.75) is 38.0 Å². The molecule has 0 aliphatic carbocycles. The first-order chi connectivity index (χ1) is 20.0. The number of fused-ring (bicyclic) bond motifs is 4. The first-order valence-electron chi connectivity index (χ1n) is 14.1. The van der Waals surface area contributed by atoms with Crippen molar-refractivity contribution < 1.29 is 4.79 Å². The maximum atomic E-state index is 14.0. The van der Waals surface area contributed by atoms with Gasteiger partial charge in [-0.1, -0.05) is 48.5 Å². The van der Waals surface area contributed by atoms with Crippen LogP contribution in [0.15, 0.2) is 87.7 Å². The zero-order chi connectivity index (χ0) is 28.1. The number of likely N-dealkylation sites (N-methyl/N-ethyl adjacent to an activating group) is 1. The Morgan fingerprint density at radius 3 is 2.54 bits per heavy atom. The number of aliphatic imine (C=N–C) groups is 2. The molecule has 3 aliphatic rings. The van der Waals surface area contributed by atoms with Crippen LogP contribution in [0.2, 0.25) is 0 Å². The van der Waals surface area contributed by atoms with E-state index < -0.39 is 6.17 Å². The van der Waals surface area contributed by atoms with Crippen LogP contribution in [0.4, 0.5) is 10.5 Å². The molecule has 5 heterocycles. The summed E-state index contributed by atoms with van der Waals surface area (Å²) in [6, 6.07) is 22.2. The third kappa shape index (κ3) is 4.30. The Morgan fingerprint density at radius 1 is 0.976 bits per heavy atom. The molecule has 1 fully saturated rings. The van der Waals surface area contributed by atoms with Crippen molar-refractivity contribution in [3.05, 3.63) is 94.5 Å². The number of para-hydroxylation sites is 1. The minimum Gasteiger partial charge on any atom is -0.324 e. The lowest BCUT2D eigenvalue weighted by atomic mass is 10.0. The summed E-state index contributed by atoms with van der Waals surface area (Å²) in [6.07, 6.45) is 2.46. The largest absolute Gasteiger partial charge is 0.327 e. The number of nitrogens with one attached hydrogen (secondary N) is 1. The number of aromatic amines is 1. The Hall–Kier alpha value is -4.73. The molecule has 7 rings (SSSR count). The number of carbonyl (C=O) groups excluding carboxylic acids is 1. The molecule has 2 aromatic carbocycles. The van der Waals surface area contributed by atoms with Crippen LogP contribution in [0.25, 0.3) is 11.2 Å². The van der Waals surface area contributed by atoms with Crippen LogP contribution < -0.4 is 10.6 Å². The van der Waals surface area contributed by atoms with Crippen molar-refractivity contribution in [2.24, 2.45) is 9.98 Å². The van der Waals surface area contributed by atoms with Crippen LogP contribution in [0.5, 0.6) is 0 Å². The van der Waals surface area contributed by atoms with Crippen LogP contribution in [0, 0.1) is 0 Å². The van der Waals surface area contributed by atoms with Gasteiger partial charge < -0.3 is 9.80 Å². The molecule has 10 heteroatoms. The fraction of sp³-hybridized carbons (Fsp3) is 0.323. The van der Waals surface area contributed by atoms with Gasteiger partial charge in [-0.05, 0) is 38.0 Å². The van der Waals surface area contributed by atoms with Gasteiger partial charge in [-0.3, -0.25) is 24.4 Å². The molecule has 0 radical (unpaired) electrons. The van der Waals surface area contributed by atoms with E-state index in [0.717, 1.165) is 40.4 Å². The minimum atomic E-state index is -0.574. The second-order valence-electron chi connectivity index (χ2n) is 11.0. The second-order valence-corrected chi connectivity index (χ2v) is 11.0. The maximum Gasteiger partial charge on any atom is 0.327 e. The van der Waals surface area contributed by atoms with Crippen LogP contribution in [0.3, 0.4) is 0 Å². The molecule has 2 amide bonds. The first kappa shape index (κ1) is 25.3.